The molecule has 0 saturated carbocycles. The lowest BCUT2D eigenvalue weighted by Gasteiger charge is -2.36. The number of hydrogen-bond acceptors (Lipinski definition) is 2. The largest absolute Gasteiger partial charge is 0.323 e. The highest BCUT2D eigenvalue weighted by Crippen LogP contribution is 2.31. The van der Waals surface area contributed by atoms with Crippen LogP contribution in [0.5, 0.6) is 0 Å². The van der Waals surface area contributed by atoms with Gasteiger partial charge in [-0.15, -0.1) is 0 Å². The summed E-state index contributed by atoms with van der Waals surface area (Å²) in [6.07, 6.45) is 6.21. The fraction of sp³-hybridized carbons (Fsp3) is 0.684. The number of fused-ring (bicyclic) bond motifs is 1. The van der Waals surface area contributed by atoms with Crippen LogP contribution in [0, 0.1) is 5.92 Å². The SMILES string of the molecule is CCC(CC)CN(CC)C1CCCc2ccccc2C1N. The smallest absolute Gasteiger partial charge is 0.0455 e. The number of hydrogen-bond donors (Lipinski definition) is 1. The van der Waals surface area contributed by atoms with Gasteiger partial charge < -0.3 is 5.73 Å². The van der Waals surface area contributed by atoms with Crippen LogP contribution in [0.15, 0.2) is 24.3 Å². The first-order valence-electron chi connectivity index (χ1n) is 8.78. The maximum atomic E-state index is 6.68. The Kier molecular flexibility index (Phi) is 6.25. The lowest BCUT2D eigenvalue weighted by Crippen LogP contribution is -2.44. The molecule has 2 atom stereocenters. The Morgan fingerprint density at radius 3 is 2.57 bits per heavy atom. The number of aryl methyl sites for hydroxylation is 1. The summed E-state index contributed by atoms with van der Waals surface area (Å²) >= 11 is 0. The normalized spacial score (nSPS) is 22.4. The fourth-order valence-electron chi connectivity index (χ4n) is 3.76. The third-order valence-corrected chi connectivity index (χ3v) is 5.30. The van der Waals surface area contributed by atoms with E-state index in [-0.39, 0.29) is 6.04 Å². The molecule has 0 amide bonds. The van der Waals surface area contributed by atoms with Crippen molar-refractivity contribution < 1.29 is 0 Å². The summed E-state index contributed by atoms with van der Waals surface area (Å²) in [6, 6.07) is 9.45. The van der Waals surface area contributed by atoms with Gasteiger partial charge in [-0.3, -0.25) is 4.90 Å². The number of nitrogens with two attached hydrogens (primary N) is 1. The number of rotatable bonds is 6. The maximum absolute atomic E-state index is 6.68. The molecule has 2 rings (SSSR count). The summed E-state index contributed by atoms with van der Waals surface area (Å²) in [5, 5.41) is 0. The fourth-order valence-corrected chi connectivity index (χ4v) is 3.76. The monoisotopic (exact) mass is 288 g/mol. The van der Waals surface area contributed by atoms with Crippen molar-refractivity contribution in [2.24, 2.45) is 11.7 Å². The minimum atomic E-state index is 0.165. The topological polar surface area (TPSA) is 29.3 Å². The van der Waals surface area contributed by atoms with Crippen LogP contribution in [0.2, 0.25) is 0 Å². The molecular formula is C19H32N2. The Balaban J connectivity index is 2.17. The Morgan fingerprint density at radius 2 is 1.90 bits per heavy atom. The van der Waals surface area contributed by atoms with Gasteiger partial charge in [0.25, 0.3) is 0 Å². The molecule has 0 aliphatic heterocycles. The van der Waals surface area contributed by atoms with E-state index in [2.05, 4.69) is 49.9 Å². The molecule has 1 aromatic carbocycles. The predicted molar refractivity (Wildman–Crippen MR) is 91.4 cm³/mol. The molecule has 2 heteroatoms. The van der Waals surface area contributed by atoms with Crippen molar-refractivity contribution in [2.75, 3.05) is 13.1 Å². The van der Waals surface area contributed by atoms with Crippen LogP contribution in [0.25, 0.3) is 0 Å². The highest BCUT2D eigenvalue weighted by Gasteiger charge is 2.29. The second-order valence-corrected chi connectivity index (χ2v) is 6.45. The van der Waals surface area contributed by atoms with Crippen LogP contribution in [0.3, 0.4) is 0 Å². The molecular weight excluding hydrogens is 256 g/mol. The summed E-state index contributed by atoms with van der Waals surface area (Å²) in [6.45, 7) is 9.21. The molecule has 0 spiro atoms. The molecule has 21 heavy (non-hydrogen) atoms. The van der Waals surface area contributed by atoms with Gasteiger partial charge in [-0.05, 0) is 42.9 Å². The Labute approximate surface area is 130 Å². The summed E-state index contributed by atoms with van der Waals surface area (Å²) in [4.78, 5) is 2.64. The third-order valence-electron chi connectivity index (χ3n) is 5.30. The van der Waals surface area contributed by atoms with Crippen molar-refractivity contribution in [1.82, 2.24) is 4.90 Å². The van der Waals surface area contributed by atoms with Gasteiger partial charge in [0.05, 0.1) is 0 Å². The molecule has 1 aliphatic carbocycles. The minimum absolute atomic E-state index is 0.165. The average molecular weight is 288 g/mol. The van der Waals surface area contributed by atoms with Crippen LogP contribution in [-0.2, 0) is 6.42 Å². The van der Waals surface area contributed by atoms with E-state index in [0.717, 1.165) is 12.5 Å². The molecule has 0 saturated heterocycles. The lowest BCUT2D eigenvalue weighted by atomic mass is 9.94. The van der Waals surface area contributed by atoms with Gasteiger partial charge in [0.1, 0.15) is 0 Å². The molecule has 0 radical (unpaired) electrons. The van der Waals surface area contributed by atoms with E-state index in [0.29, 0.717) is 6.04 Å². The molecule has 2 nitrogen and oxygen atoms in total. The van der Waals surface area contributed by atoms with E-state index < -0.39 is 0 Å². The molecule has 0 aromatic heterocycles. The number of nitrogens with zero attached hydrogens (tertiary/aromatic N) is 1. The van der Waals surface area contributed by atoms with Gasteiger partial charge >= 0.3 is 0 Å². The Morgan fingerprint density at radius 1 is 1.19 bits per heavy atom. The zero-order valence-corrected chi connectivity index (χ0v) is 14.0. The van der Waals surface area contributed by atoms with Gasteiger partial charge in [-0.2, -0.15) is 0 Å². The highest BCUT2D eigenvalue weighted by molar-refractivity contribution is 5.32. The van der Waals surface area contributed by atoms with Gasteiger partial charge in [-0.25, -0.2) is 0 Å². The van der Waals surface area contributed by atoms with E-state index in [1.54, 1.807) is 0 Å². The second kappa shape index (κ2) is 7.95. The second-order valence-electron chi connectivity index (χ2n) is 6.45. The van der Waals surface area contributed by atoms with E-state index in [9.17, 15) is 0 Å². The molecule has 1 aliphatic rings. The van der Waals surface area contributed by atoms with Crippen LogP contribution >= 0.6 is 0 Å². The minimum Gasteiger partial charge on any atom is -0.323 e. The average Bonchev–Trinajstić information content (AvgIpc) is 2.69. The van der Waals surface area contributed by atoms with Crippen molar-refractivity contribution in [3.05, 3.63) is 35.4 Å². The molecule has 0 bridgehead atoms. The van der Waals surface area contributed by atoms with Crippen molar-refractivity contribution in [2.45, 2.75) is 65.0 Å². The van der Waals surface area contributed by atoms with Crippen molar-refractivity contribution in [3.63, 3.8) is 0 Å². The van der Waals surface area contributed by atoms with Gasteiger partial charge in [0, 0.05) is 18.6 Å². The third kappa shape index (κ3) is 3.87. The first-order chi connectivity index (χ1) is 10.2. The maximum Gasteiger partial charge on any atom is 0.0455 e. The molecule has 0 heterocycles. The first kappa shape index (κ1) is 16.5. The summed E-state index contributed by atoms with van der Waals surface area (Å²) < 4.78 is 0. The van der Waals surface area contributed by atoms with Gasteiger partial charge in [0.15, 0.2) is 0 Å². The van der Waals surface area contributed by atoms with Gasteiger partial charge in [0.2, 0.25) is 0 Å². The molecule has 1 aromatic rings. The quantitative estimate of drug-likeness (QED) is 0.797. The van der Waals surface area contributed by atoms with Gasteiger partial charge in [-0.1, -0.05) is 57.9 Å². The van der Waals surface area contributed by atoms with E-state index in [1.165, 1.54) is 49.8 Å². The van der Waals surface area contributed by atoms with Crippen molar-refractivity contribution >= 4 is 0 Å². The highest BCUT2D eigenvalue weighted by atomic mass is 15.2. The van der Waals surface area contributed by atoms with Crippen molar-refractivity contribution in [3.8, 4) is 0 Å². The van der Waals surface area contributed by atoms with E-state index in [1.807, 2.05) is 0 Å². The van der Waals surface area contributed by atoms with E-state index >= 15 is 0 Å². The lowest BCUT2D eigenvalue weighted by molar-refractivity contribution is 0.141. The van der Waals surface area contributed by atoms with Crippen molar-refractivity contribution in [1.29, 1.82) is 0 Å². The predicted octanol–water partition coefficient (Wildman–Crippen LogP) is 4.15. The zero-order chi connectivity index (χ0) is 15.2. The molecule has 0 fully saturated rings. The summed E-state index contributed by atoms with van der Waals surface area (Å²) in [5.41, 5.74) is 9.53. The van der Waals surface area contributed by atoms with Crippen LogP contribution in [0.1, 0.15) is 63.6 Å². The zero-order valence-electron chi connectivity index (χ0n) is 14.0. The number of benzene rings is 1. The molecule has 118 valence electrons. The summed E-state index contributed by atoms with van der Waals surface area (Å²) in [7, 11) is 0. The Bertz CT molecular complexity index is 425. The van der Waals surface area contributed by atoms with Crippen LogP contribution in [-0.4, -0.2) is 24.0 Å². The first-order valence-corrected chi connectivity index (χ1v) is 8.78. The molecule has 2 N–H and O–H groups in total. The number of likely N-dealkylation sites (N-methyl/N-ethyl adjacent to an activating group) is 1. The van der Waals surface area contributed by atoms with Crippen LogP contribution < -0.4 is 5.73 Å². The van der Waals surface area contributed by atoms with Crippen LogP contribution in [0.4, 0.5) is 0 Å². The Hall–Kier alpha value is -0.860. The van der Waals surface area contributed by atoms with E-state index in [4.69, 9.17) is 5.73 Å². The standard InChI is InChI=1S/C19H32N2/c1-4-15(5-2)14-21(6-3)18-13-9-11-16-10-7-8-12-17(16)19(18)20/h7-8,10,12,15,18-19H,4-6,9,11,13-14,20H2,1-3H3. The molecule has 2 unspecified atom stereocenters. The summed E-state index contributed by atoms with van der Waals surface area (Å²) in [5.74, 6) is 0.802.